The molecule has 1 aromatic rings. The second kappa shape index (κ2) is 4.78. The molecule has 74 valence electrons. The Morgan fingerprint density at radius 1 is 1.36 bits per heavy atom. The third kappa shape index (κ3) is 3.20. The molecule has 14 heavy (non-hydrogen) atoms. The fraction of sp³-hybridized carbons (Fsp3) is 0.222. The number of benzene rings is 1. The fourth-order valence-corrected chi connectivity index (χ4v) is 0.971. The van der Waals surface area contributed by atoms with Crippen LogP contribution in [0, 0.1) is 0 Å². The van der Waals surface area contributed by atoms with E-state index in [1.165, 1.54) is 6.92 Å². The predicted octanol–water partition coefficient (Wildman–Crippen LogP) is -0.571. The first kappa shape index (κ1) is 10.8. The Balaban J connectivity index is 2.59. The summed E-state index contributed by atoms with van der Waals surface area (Å²) in [6.45, 7) is 1.54. The molecule has 0 spiro atoms. The van der Waals surface area contributed by atoms with E-state index in [4.69, 9.17) is 14.8 Å². The first-order chi connectivity index (χ1) is 6.59. The first-order valence-electron chi connectivity index (χ1n) is 4.18. The maximum Gasteiger partial charge on any atom is 0.488 e. The van der Waals surface area contributed by atoms with Gasteiger partial charge in [0.2, 0.25) is 0 Å². The maximum atomic E-state index is 10.5. The molecule has 0 saturated carbocycles. The van der Waals surface area contributed by atoms with Crippen LogP contribution in [-0.4, -0.2) is 23.1 Å². The summed E-state index contributed by atoms with van der Waals surface area (Å²) in [5.41, 5.74) is 1.22. The van der Waals surface area contributed by atoms with Crippen LogP contribution in [0.25, 0.3) is 0 Å². The third-order valence-corrected chi connectivity index (χ3v) is 1.72. The van der Waals surface area contributed by atoms with Crippen LogP contribution >= 0.6 is 0 Å². The summed E-state index contributed by atoms with van der Waals surface area (Å²) in [5, 5.41) is 17.6. The van der Waals surface area contributed by atoms with Crippen LogP contribution < -0.4 is 5.46 Å². The summed E-state index contributed by atoms with van der Waals surface area (Å²) < 4.78 is 4.76. The van der Waals surface area contributed by atoms with Gasteiger partial charge in [-0.1, -0.05) is 24.3 Å². The number of hydrogen-bond donors (Lipinski definition) is 2. The largest absolute Gasteiger partial charge is 0.488 e. The average Bonchev–Trinajstić information content (AvgIpc) is 2.15. The van der Waals surface area contributed by atoms with Crippen molar-refractivity contribution >= 4 is 18.6 Å². The molecule has 1 aromatic carbocycles. The van der Waals surface area contributed by atoms with Crippen molar-refractivity contribution in [1.29, 1.82) is 0 Å². The van der Waals surface area contributed by atoms with Gasteiger partial charge in [0.1, 0.15) is 6.61 Å². The summed E-state index contributed by atoms with van der Waals surface area (Å²) in [6, 6.07) is 6.50. The molecule has 0 saturated heterocycles. The Bertz CT molecular complexity index is 307. The Morgan fingerprint density at radius 3 is 2.36 bits per heavy atom. The Hall–Kier alpha value is -1.33. The van der Waals surface area contributed by atoms with Gasteiger partial charge in [0.25, 0.3) is 0 Å². The van der Waals surface area contributed by atoms with E-state index in [9.17, 15) is 4.79 Å². The Kier molecular flexibility index (Phi) is 3.68. The molecule has 0 fully saturated rings. The highest BCUT2D eigenvalue weighted by molar-refractivity contribution is 6.58. The molecule has 0 amide bonds. The molecule has 5 heteroatoms. The molecule has 0 aliphatic carbocycles. The number of carbonyl (C=O) groups is 1. The van der Waals surface area contributed by atoms with Crippen LogP contribution in [0.2, 0.25) is 0 Å². The SMILES string of the molecule is CC(=O)OCc1ccc(B(O)O)cc1. The smallest absolute Gasteiger partial charge is 0.461 e. The Morgan fingerprint density at radius 2 is 1.93 bits per heavy atom. The summed E-state index contributed by atoms with van der Waals surface area (Å²) in [5.74, 6) is -0.337. The summed E-state index contributed by atoms with van der Waals surface area (Å²) in [6.07, 6.45) is 0. The maximum absolute atomic E-state index is 10.5. The monoisotopic (exact) mass is 194 g/mol. The second-order valence-corrected chi connectivity index (χ2v) is 2.90. The zero-order valence-corrected chi connectivity index (χ0v) is 7.80. The van der Waals surface area contributed by atoms with E-state index < -0.39 is 7.12 Å². The lowest BCUT2D eigenvalue weighted by molar-refractivity contribution is -0.142. The summed E-state index contributed by atoms with van der Waals surface area (Å²) >= 11 is 0. The standard InChI is InChI=1S/C9H11BO4/c1-7(11)14-6-8-2-4-9(5-3-8)10(12)13/h2-5,12-13H,6H2,1H3. The molecule has 2 N–H and O–H groups in total. The number of carbonyl (C=O) groups excluding carboxylic acids is 1. The lowest BCUT2D eigenvalue weighted by Crippen LogP contribution is -2.29. The van der Waals surface area contributed by atoms with Gasteiger partial charge in [-0.2, -0.15) is 0 Å². The van der Waals surface area contributed by atoms with Crippen LogP contribution in [-0.2, 0) is 16.1 Å². The van der Waals surface area contributed by atoms with Gasteiger partial charge < -0.3 is 14.8 Å². The molecule has 1 rings (SSSR count). The van der Waals surface area contributed by atoms with E-state index in [0.29, 0.717) is 5.46 Å². The highest BCUT2D eigenvalue weighted by Gasteiger charge is 2.09. The zero-order chi connectivity index (χ0) is 10.6. The molecule has 4 nitrogen and oxygen atoms in total. The van der Waals surface area contributed by atoms with Crippen molar-refractivity contribution < 1.29 is 19.6 Å². The molecular weight excluding hydrogens is 183 g/mol. The van der Waals surface area contributed by atoms with Crippen LogP contribution in [0.1, 0.15) is 12.5 Å². The summed E-state index contributed by atoms with van der Waals surface area (Å²) in [7, 11) is -1.46. The first-order valence-corrected chi connectivity index (χ1v) is 4.18. The molecule has 0 aromatic heterocycles. The van der Waals surface area contributed by atoms with E-state index in [-0.39, 0.29) is 12.6 Å². The van der Waals surface area contributed by atoms with Crippen LogP contribution in [0.4, 0.5) is 0 Å². The average molecular weight is 194 g/mol. The molecule has 0 bridgehead atoms. The number of ether oxygens (including phenoxy) is 1. The van der Waals surface area contributed by atoms with Gasteiger partial charge in [-0.15, -0.1) is 0 Å². The molecule has 0 unspecified atom stereocenters. The van der Waals surface area contributed by atoms with Gasteiger partial charge >= 0.3 is 13.1 Å². The van der Waals surface area contributed by atoms with Crippen LogP contribution in [0.5, 0.6) is 0 Å². The normalized spacial score (nSPS) is 9.64. The van der Waals surface area contributed by atoms with Crippen molar-refractivity contribution in [2.45, 2.75) is 13.5 Å². The molecular formula is C9H11BO4. The minimum atomic E-state index is -1.46. The number of hydrogen-bond acceptors (Lipinski definition) is 4. The summed E-state index contributed by atoms with van der Waals surface area (Å²) in [4.78, 5) is 10.5. The van der Waals surface area contributed by atoms with E-state index in [1.54, 1.807) is 24.3 Å². The molecule has 0 aliphatic heterocycles. The Labute approximate surface area is 82.3 Å². The van der Waals surface area contributed by atoms with Crippen LogP contribution in [0.15, 0.2) is 24.3 Å². The van der Waals surface area contributed by atoms with Crippen LogP contribution in [0.3, 0.4) is 0 Å². The van der Waals surface area contributed by atoms with E-state index in [1.807, 2.05) is 0 Å². The van der Waals surface area contributed by atoms with Crippen molar-refractivity contribution in [2.75, 3.05) is 0 Å². The van der Waals surface area contributed by atoms with Crippen molar-refractivity contribution in [3.8, 4) is 0 Å². The van der Waals surface area contributed by atoms with Gasteiger partial charge in [0.15, 0.2) is 0 Å². The number of esters is 1. The molecule has 0 heterocycles. The minimum Gasteiger partial charge on any atom is -0.461 e. The van der Waals surface area contributed by atoms with Gasteiger partial charge in [0, 0.05) is 6.92 Å². The molecule has 0 atom stereocenters. The lowest BCUT2D eigenvalue weighted by atomic mass is 9.80. The lowest BCUT2D eigenvalue weighted by Gasteiger charge is -2.03. The minimum absolute atomic E-state index is 0.205. The van der Waals surface area contributed by atoms with E-state index in [2.05, 4.69) is 0 Å². The van der Waals surface area contributed by atoms with Gasteiger partial charge in [-0.25, -0.2) is 0 Å². The van der Waals surface area contributed by atoms with E-state index in [0.717, 1.165) is 5.56 Å². The fourth-order valence-electron chi connectivity index (χ4n) is 0.971. The highest BCUT2D eigenvalue weighted by Crippen LogP contribution is 1.99. The van der Waals surface area contributed by atoms with Crippen molar-refractivity contribution in [1.82, 2.24) is 0 Å². The van der Waals surface area contributed by atoms with Gasteiger partial charge in [-0.3, -0.25) is 4.79 Å². The highest BCUT2D eigenvalue weighted by atomic mass is 16.5. The zero-order valence-electron chi connectivity index (χ0n) is 7.80. The van der Waals surface area contributed by atoms with E-state index >= 15 is 0 Å². The molecule has 0 radical (unpaired) electrons. The van der Waals surface area contributed by atoms with Crippen molar-refractivity contribution in [3.05, 3.63) is 29.8 Å². The molecule has 0 aliphatic rings. The second-order valence-electron chi connectivity index (χ2n) is 2.90. The quantitative estimate of drug-likeness (QED) is 0.499. The van der Waals surface area contributed by atoms with Crippen molar-refractivity contribution in [2.24, 2.45) is 0 Å². The van der Waals surface area contributed by atoms with Gasteiger partial charge in [0.05, 0.1) is 0 Å². The topological polar surface area (TPSA) is 66.8 Å². The van der Waals surface area contributed by atoms with Crippen molar-refractivity contribution in [3.63, 3.8) is 0 Å². The number of rotatable bonds is 3. The third-order valence-electron chi connectivity index (χ3n) is 1.72. The predicted molar refractivity (Wildman–Crippen MR) is 51.7 cm³/mol. The van der Waals surface area contributed by atoms with Gasteiger partial charge in [-0.05, 0) is 11.0 Å².